The minimum atomic E-state index is -3.47. The summed E-state index contributed by atoms with van der Waals surface area (Å²) in [6, 6.07) is 0.303. The van der Waals surface area contributed by atoms with Crippen molar-refractivity contribution in [3.05, 3.63) is 23.0 Å². The summed E-state index contributed by atoms with van der Waals surface area (Å²) in [4.78, 5) is 10.5. The van der Waals surface area contributed by atoms with Gasteiger partial charge < -0.3 is 10.8 Å². The Hall–Kier alpha value is -1.05. The lowest BCUT2D eigenvalue weighted by Crippen LogP contribution is -2.32. The lowest BCUT2D eigenvalue weighted by molar-refractivity contribution is -0.138. The summed E-state index contributed by atoms with van der Waals surface area (Å²) in [5.41, 5.74) is 5.78. The average Bonchev–Trinajstić information content (AvgIpc) is 2.45. The number of hydrogen-bond donors (Lipinski definition) is 2. The molecule has 0 saturated heterocycles. The summed E-state index contributed by atoms with van der Waals surface area (Å²) >= 11 is 5.69. The van der Waals surface area contributed by atoms with Gasteiger partial charge in [-0.05, 0) is 18.1 Å². The molecule has 0 bridgehead atoms. The van der Waals surface area contributed by atoms with Crippen molar-refractivity contribution in [2.45, 2.75) is 12.5 Å². The van der Waals surface area contributed by atoms with Gasteiger partial charge in [-0.3, -0.25) is 4.79 Å². The van der Waals surface area contributed by atoms with Gasteiger partial charge in [0.05, 0.1) is 6.26 Å². The highest BCUT2D eigenvalue weighted by Gasteiger charge is 2.16. The van der Waals surface area contributed by atoms with Crippen LogP contribution >= 0.6 is 11.6 Å². The molecule has 3 N–H and O–H groups in total. The predicted octanol–water partition coefficient (Wildman–Crippen LogP) is -0.0964. The van der Waals surface area contributed by atoms with Crippen molar-refractivity contribution in [1.82, 2.24) is 3.97 Å². The van der Waals surface area contributed by atoms with Crippen molar-refractivity contribution in [3.8, 4) is 0 Å². The number of nitrogens with two attached hydrogens (primary N) is 1. The smallest absolute Gasteiger partial charge is 0.320 e. The molecule has 16 heavy (non-hydrogen) atoms. The molecule has 1 rings (SSSR count). The van der Waals surface area contributed by atoms with Gasteiger partial charge in [0.1, 0.15) is 11.2 Å². The number of aliphatic carboxylic acids is 1. The quantitative estimate of drug-likeness (QED) is 0.792. The SMILES string of the molecule is CS(=O)(=O)n1cc(CC(N)C(=O)O)cc1Cl. The molecule has 90 valence electrons. The van der Waals surface area contributed by atoms with Crippen LogP contribution in [-0.2, 0) is 21.2 Å². The van der Waals surface area contributed by atoms with Crippen LogP contribution in [0, 0.1) is 0 Å². The predicted molar refractivity (Wildman–Crippen MR) is 59.0 cm³/mol. The number of aromatic nitrogens is 1. The topological polar surface area (TPSA) is 102 Å². The average molecular weight is 267 g/mol. The fourth-order valence-corrected chi connectivity index (χ4v) is 2.43. The van der Waals surface area contributed by atoms with E-state index >= 15 is 0 Å². The van der Waals surface area contributed by atoms with E-state index in [0.29, 0.717) is 5.56 Å². The van der Waals surface area contributed by atoms with Gasteiger partial charge in [-0.1, -0.05) is 11.6 Å². The summed E-state index contributed by atoms with van der Waals surface area (Å²) in [7, 11) is -3.47. The number of carbonyl (C=O) groups is 1. The third kappa shape index (κ3) is 2.97. The van der Waals surface area contributed by atoms with Crippen LogP contribution in [0.2, 0.25) is 5.15 Å². The van der Waals surface area contributed by atoms with Crippen molar-refractivity contribution in [2.24, 2.45) is 5.73 Å². The van der Waals surface area contributed by atoms with Crippen molar-refractivity contribution in [2.75, 3.05) is 6.26 Å². The van der Waals surface area contributed by atoms with E-state index in [9.17, 15) is 13.2 Å². The number of carboxylic acid groups (broad SMARTS) is 1. The van der Waals surface area contributed by atoms with Crippen LogP contribution in [0.3, 0.4) is 0 Å². The van der Waals surface area contributed by atoms with Gasteiger partial charge in [-0.2, -0.15) is 0 Å². The molecule has 1 atom stereocenters. The second-order valence-electron chi connectivity index (χ2n) is 3.38. The highest BCUT2D eigenvalue weighted by Crippen LogP contribution is 2.17. The highest BCUT2D eigenvalue weighted by molar-refractivity contribution is 7.89. The Morgan fingerprint density at radius 3 is 2.62 bits per heavy atom. The molecular formula is C8H11ClN2O4S. The standard InChI is InChI=1S/C8H11ClN2O4S/c1-16(14,15)11-4-5(3-7(11)9)2-6(10)8(12)13/h3-4,6H,2,10H2,1H3,(H,12,13). The molecule has 0 aliphatic rings. The van der Waals surface area contributed by atoms with Crippen molar-refractivity contribution >= 4 is 27.6 Å². The normalized spacial score (nSPS) is 13.7. The Morgan fingerprint density at radius 1 is 1.69 bits per heavy atom. The molecule has 0 amide bonds. The molecule has 8 heteroatoms. The Bertz CT molecular complexity index is 508. The van der Waals surface area contributed by atoms with Gasteiger partial charge in [0.2, 0.25) is 10.0 Å². The minimum Gasteiger partial charge on any atom is -0.480 e. The van der Waals surface area contributed by atoms with E-state index in [1.165, 1.54) is 12.3 Å². The van der Waals surface area contributed by atoms with Gasteiger partial charge in [0.15, 0.2) is 0 Å². The van der Waals surface area contributed by atoms with Gasteiger partial charge in [0, 0.05) is 6.20 Å². The lowest BCUT2D eigenvalue weighted by atomic mass is 10.1. The van der Waals surface area contributed by atoms with Crippen LogP contribution in [-0.4, -0.2) is 35.8 Å². The first-order valence-corrected chi connectivity index (χ1v) is 6.50. The maximum absolute atomic E-state index is 11.2. The van der Waals surface area contributed by atoms with Gasteiger partial charge in [-0.25, -0.2) is 12.4 Å². The summed E-state index contributed by atoms with van der Waals surface area (Å²) in [6.07, 6.45) is 2.29. The summed E-state index contributed by atoms with van der Waals surface area (Å²) < 4.78 is 23.3. The molecule has 0 aromatic carbocycles. The second kappa shape index (κ2) is 4.44. The van der Waals surface area contributed by atoms with Gasteiger partial charge in [-0.15, -0.1) is 0 Å². The second-order valence-corrected chi connectivity index (χ2v) is 5.63. The number of rotatable bonds is 4. The Morgan fingerprint density at radius 2 is 2.25 bits per heavy atom. The fraction of sp³-hybridized carbons (Fsp3) is 0.375. The van der Waals surface area contributed by atoms with Crippen LogP contribution in [0.5, 0.6) is 0 Å². The van der Waals surface area contributed by atoms with E-state index in [0.717, 1.165) is 10.2 Å². The summed E-state index contributed by atoms with van der Waals surface area (Å²) in [5, 5.41) is 8.61. The molecule has 1 heterocycles. The number of carboxylic acids is 1. The number of hydrogen-bond acceptors (Lipinski definition) is 4. The maximum atomic E-state index is 11.2. The summed E-state index contributed by atoms with van der Waals surface area (Å²) in [6.45, 7) is 0. The van der Waals surface area contributed by atoms with Crippen LogP contribution in [0.1, 0.15) is 5.56 Å². The minimum absolute atomic E-state index is 0.00934. The molecule has 0 radical (unpaired) electrons. The molecule has 1 unspecified atom stereocenters. The van der Waals surface area contributed by atoms with Crippen molar-refractivity contribution < 1.29 is 18.3 Å². The monoisotopic (exact) mass is 266 g/mol. The molecule has 0 aliphatic heterocycles. The van der Waals surface area contributed by atoms with E-state index in [-0.39, 0.29) is 11.6 Å². The van der Waals surface area contributed by atoms with E-state index in [2.05, 4.69) is 0 Å². The van der Waals surface area contributed by atoms with Crippen LogP contribution < -0.4 is 5.73 Å². The Labute approximate surface area is 97.7 Å². The third-order valence-corrected chi connectivity index (χ3v) is 3.34. The first-order valence-electron chi connectivity index (χ1n) is 4.27. The zero-order chi connectivity index (χ0) is 12.5. The molecule has 0 aliphatic carbocycles. The summed E-state index contributed by atoms with van der Waals surface area (Å²) in [5.74, 6) is -1.15. The van der Waals surface area contributed by atoms with E-state index in [1.54, 1.807) is 0 Å². The molecule has 0 fully saturated rings. The maximum Gasteiger partial charge on any atom is 0.320 e. The third-order valence-electron chi connectivity index (χ3n) is 1.93. The Kier molecular flexibility index (Phi) is 3.61. The molecular weight excluding hydrogens is 256 g/mol. The van der Waals surface area contributed by atoms with Crippen LogP contribution in [0.4, 0.5) is 0 Å². The van der Waals surface area contributed by atoms with E-state index < -0.39 is 22.0 Å². The lowest BCUT2D eigenvalue weighted by Gasteiger charge is -2.03. The largest absolute Gasteiger partial charge is 0.480 e. The first-order chi connectivity index (χ1) is 7.21. The van der Waals surface area contributed by atoms with Gasteiger partial charge >= 0.3 is 5.97 Å². The molecule has 0 saturated carbocycles. The zero-order valence-electron chi connectivity index (χ0n) is 8.42. The number of halogens is 1. The van der Waals surface area contributed by atoms with Gasteiger partial charge in [0.25, 0.3) is 0 Å². The number of nitrogens with zero attached hydrogens (tertiary/aromatic N) is 1. The molecule has 1 aromatic heterocycles. The molecule has 0 spiro atoms. The first kappa shape index (κ1) is 13.0. The van der Waals surface area contributed by atoms with Crippen molar-refractivity contribution in [3.63, 3.8) is 0 Å². The van der Waals surface area contributed by atoms with Crippen molar-refractivity contribution in [1.29, 1.82) is 0 Å². The fourth-order valence-electron chi connectivity index (χ4n) is 1.17. The molecule has 6 nitrogen and oxygen atoms in total. The Balaban J connectivity index is 2.99. The van der Waals surface area contributed by atoms with Crippen LogP contribution in [0.15, 0.2) is 12.3 Å². The highest BCUT2D eigenvalue weighted by atomic mass is 35.5. The zero-order valence-corrected chi connectivity index (χ0v) is 9.99. The molecule has 1 aromatic rings. The van der Waals surface area contributed by atoms with E-state index in [4.69, 9.17) is 22.4 Å². The van der Waals surface area contributed by atoms with Crippen LogP contribution in [0.25, 0.3) is 0 Å². The van der Waals surface area contributed by atoms with E-state index in [1.807, 2.05) is 0 Å².